The number of sulfone groups is 1. The van der Waals surface area contributed by atoms with Gasteiger partial charge in [0, 0.05) is 23.2 Å². The molecule has 3 rings (SSSR count). The second-order valence-electron chi connectivity index (χ2n) is 6.36. The van der Waals surface area contributed by atoms with Crippen molar-refractivity contribution in [3.05, 3.63) is 34.6 Å². The van der Waals surface area contributed by atoms with E-state index in [4.69, 9.17) is 16.3 Å². The van der Waals surface area contributed by atoms with Gasteiger partial charge in [0.05, 0.1) is 24.3 Å². The van der Waals surface area contributed by atoms with Crippen LogP contribution in [0.2, 0.25) is 5.02 Å². The zero-order valence-corrected chi connectivity index (χ0v) is 16.4. The Morgan fingerprint density at radius 3 is 2.58 bits per heavy atom. The molecule has 1 fully saturated rings. The van der Waals surface area contributed by atoms with Gasteiger partial charge in [-0.25, -0.2) is 18.4 Å². The van der Waals surface area contributed by atoms with Crippen molar-refractivity contribution in [3.63, 3.8) is 0 Å². The average Bonchev–Trinajstić information content (AvgIpc) is 2.88. The summed E-state index contributed by atoms with van der Waals surface area (Å²) in [5, 5.41) is 7.03. The Hall–Kier alpha value is -2.06. The van der Waals surface area contributed by atoms with Gasteiger partial charge in [0.25, 0.3) is 0 Å². The van der Waals surface area contributed by atoms with E-state index in [9.17, 15) is 8.42 Å². The van der Waals surface area contributed by atoms with Crippen LogP contribution in [0.15, 0.2) is 18.2 Å². The van der Waals surface area contributed by atoms with Crippen molar-refractivity contribution in [2.24, 2.45) is 0 Å². The van der Waals surface area contributed by atoms with E-state index in [-0.39, 0.29) is 17.5 Å². The van der Waals surface area contributed by atoms with E-state index in [1.165, 1.54) is 0 Å². The Morgan fingerprint density at radius 1 is 1.19 bits per heavy atom. The van der Waals surface area contributed by atoms with Gasteiger partial charge in [-0.15, -0.1) is 0 Å². The van der Waals surface area contributed by atoms with Crippen molar-refractivity contribution >= 4 is 38.8 Å². The van der Waals surface area contributed by atoms with Crippen molar-refractivity contribution < 1.29 is 13.2 Å². The third-order valence-electron chi connectivity index (χ3n) is 4.17. The maximum Gasteiger partial charge on any atom is 0.152 e. The normalized spacial score (nSPS) is 18.5. The fourth-order valence-electron chi connectivity index (χ4n) is 2.89. The van der Waals surface area contributed by atoms with E-state index in [2.05, 4.69) is 20.6 Å². The first-order valence-corrected chi connectivity index (χ1v) is 10.4. The van der Waals surface area contributed by atoms with Gasteiger partial charge in [-0.3, -0.25) is 0 Å². The second kappa shape index (κ2) is 7.28. The fraction of sp³-hybridized carbons (Fsp3) is 0.412. The highest BCUT2D eigenvalue weighted by Crippen LogP contribution is 2.33. The minimum absolute atomic E-state index is 0.128. The van der Waals surface area contributed by atoms with Gasteiger partial charge in [0.1, 0.15) is 23.2 Å². The number of halogens is 1. The van der Waals surface area contributed by atoms with E-state index in [0.717, 1.165) is 11.3 Å². The number of benzene rings is 1. The average molecular weight is 397 g/mol. The highest BCUT2D eigenvalue weighted by molar-refractivity contribution is 7.91. The Bertz CT molecular complexity index is 934. The molecule has 1 aromatic carbocycles. The second-order valence-corrected chi connectivity index (χ2v) is 8.99. The summed E-state index contributed by atoms with van der Waals surface area (Å²) in [6.07, 6.45) is 0.582. The fourth-order valence-corrected chi connectivity index (χ4v) is 4.72. The number of methoxy groups -OCH3 is 1. The molecule has 2 heterocycles. The first-order chi connectivity index (χ1) is 12.3. The van der Waals surface area contributed by atoms with Crippen LogP contribution in [0.5, 0.6) is 5.75 Å². The van der Waals surface area contributed by atoms with Gasteiger partial charge in [0.2, 0.25) is 0 Å². The lowest BCUT2D eigenvalue weighted by Crippen LogP contribution is -2.21. The summed E-state index contributed by atoms with van der Waals surface area (Å²) in [6.45, 7) is 3.69. The first-order valence-electron chi connectivity index (χ1n) is 8.19. The lowest BCUT2D eigenvalue weighted by molar-refractivity contribution is 0.416. The van der Waals surface area contributed by atoms with Crippen LogP contribution in [-0.2, 0) is 9.84 Å². The van der Waals surface area contributed by atoms with Crippen LogP contribution >= 0.6 is 11.6 Å². The van der Waals surface area contributed by atoms with E-state index < -0.39 is 9.84 Å². The molecule has 1 unspecified atom stereocenters. The van der Waals surface area contributed by atoms with Gasteiger partial charge in [0.15, 0.2) is 9.84 Å². The van der Waals surface area contributed by atoms with Crippen LogP contribution in [0.1, 0.15) is 17.8 Å². The van der Waals surface area contributed by atoms with E-state index in [1.807, 2.05) is 13.0 Å². The van der Waals surface area contributed by atoms with Crippen molar-refractivity contribution in [2.75, 3.05) is 29.2 Å². The molecular weight excluding hydrogens is 376 g/mol. The maximum atomic E-state index is 11.6. The Kier molecular flexibility index (Phi) is 5.24. The van der Waals surface area contributed by atoms with Crippen molar-refractivity contribution in [1.29, 1.82) is 0 Å². The number of aromatic nitrogens is 2. The smallest absolute Gasteiger partial charge is 0.152 e. The summed E-state index contributed by atoms with van der Waals surface area (Å²) in [5.41, 5.74) is 1.65. The Morgan fingerprint density at radius 2 is 1.92 bits per heavy atom. The van der Waals surface area contributed by atoms with Gasteiger partial charge in [-0.2, -0.15) is 0 Å². The highest BCUT2D eigenvalue weighted by Gasteiger charge is 2.28. The molecule has 0 saturated carbocycles. The predicted molar refractivity (Wildman–Crippen MR) is 103 cm³/mol. The summed E-state index contributed by atoms with van der Waals surface area (Å²) in [6, 6.07) is 5.25. The molecule has 0 radical (unpaired) electrons. The molecule has 1 aliphatic heterocycles. The largest absolute Gasteiger partial charge is 0.495 e. The van der Waals surface area contributed by atoms with Crippen LogP contribution in [0, 0.1) is 13.8 Å². The number of aryl methyl sites for hydroxylation is 2. The summed E-state index contributed by atoms with van der Waals surface area (Å²) in [7, 11) is -1.38. The lowest BCUT2D eigenvalue weighted by Gasteiger charge is -2.15. The molecule has 26 heavy (non-hydrogen) atoms. The molecule has 2 N–H and O–H groups in total. The number of rotatable bonds is 5. The summed E-state index contributed by atoms with van der Waals surface area (Å²) >= 11 is 6.14. The molecule has 1 atom stereocenters. The minimum Gasteiger partial charge on any atom is -0.495 e. The van der Waals surface area contributed by atoms with Crippen molar-refractivity contribution in [3.8, 4) is 5.75 Å². The monoisotopic (exact) mass is 396 g/mol. The zero-order chi connectivity index (χ0) is 18.9. The standard InChI is InChI=1S/C17H21ClN4O3S/c1-10-6-14(15(25-3)7-13(10)18)22-17-8-16(19-11(2)20-17)21-12-4-5-26(23,24)9-12/h6-8,12H,4-5,9H2,1-3H3,(H2,19,20,21,22). The van der Waals surface area contributed by atoms with Crippen LogP contribution < -0.4 is 15.4 Å². The van der Waals surface area contributed by atoms with Crippen LogP contribution in [0.25, 0.3) is 0 Å². The molecule has 0 aliphatic carbocycles. The summed E-state index contributed by atoms with van der Waals surface area (Å²) in [4.78, 5) is 8.74. The van der Waals surface area contributed by atoms with Gasteiger partial charge in [-0.05, 0) is 31.9 Å². The van der Waals surface area contributed by atoms with Crippen molar-refractivity contribution in [2.45, 2.75) is 26.3 Å². The number of nitrogens with zero attached hydrogens (tertiary/aromatic N) is 2. The zero-order valence-electron chi connectivity index (χ0n) is 14.8. The van der Waals surface area contributed by atoms with Crippen molar-refractivity contribution in [1.82, 2.24) is 9.97 Å². The van der Waals surface area contributed by atoms with E-state index in [0.29, 0.717) is 34.7 Å². The molecule has 140 valence electrons. The van der Waals surface area contributed by atoms with E-state index in [1.54, 1.807) is 26.2 Å². The first kappa shape index (κ1) is 18.7. The summed E-state index contributed by atoms with van der Waals surface area (Å²) < 4.78 is 28.6. The van der Waals surface area contributed by atoms with Crippen LogP contribution in [-0.4, -0.2) is 43.0 Å². The van der Waals surface area contributed by atoms with Crippen LogP contribution in [0.3, 0.4) is 0 Å². The predicted octanol–water partition coefficient (Wildman–Crippen LogP) is 3.10. The molecule has 1 aromatic heterocycles. The van der Waals surface area contributed by atoms with Gasteiger partial charge in [-0.1, -0.05) is 11.6 Å². The number of nitrogens with one attached hydrogen (secondary N) is 2. The topological polar surface area (TPSA) is 93.2 Å². The number of hydrogen-bond donors (Lipinski definition) is 2. The third kappa shape index (κ3) is 4.37. The SMILES string of the molecule is COc1cc(Cl)c(C)cc1Nc1cc(NC2CCS(=O)(=O)C2)nc(C)n1. The molecule has 0 spiro atoms. The molecular formula is C17H21ClN4O3S. The molecule has 1 saturated heterocycles. The van der Waals surface area contributed by atoms with Crippen LogP contribution in [0.4, 0.5) is 17.3 Å². The molecule has 9 heteroatoms. The summed E-state index contributed by atoms with van der Waals surface area (Å²) in [5.74, 6) is 2.69. The molecule has 0 bridgehead atoms. The number of anilines is 3. The molecule has 0 amide bonds. The number of hydrogen-bond acceptors (Lipinski definition) is 7. The quantitative estimate of drug-likeness (QED) is 0.801. The van der Waals surface area contributed by atoms with Gasteiger partial charge < -0.3 is 15.4 Å². The third-order valence-corrected chi connectivity index (χ3v) is 6.34. The molecule has 7 nitrogen and oxygen atoms in total. The van der Waals surface area contributed by atoms with Gasteiger partial charge >= 0.3 is 0 Å². The molecule has 2 aromatic rings. The lowest BCUT2D eigenvalue weighted by atomic mass is 10.2. The molecule has 1 aliphatic rings. The number of ether oxygens (including phenoxy) is 1. The Labute approximate surface area is 158 Å². The van der Waals surface area contributed by atoms with E-state index >= 15 is 0 Å². The minimum atomic E-state index is -2.95. The Balaban J connectivity index is 1.83. The maximum absolute atomic E-state index is 11.6. The highest BCUT2D eigenvalue weighted by atomic mass is 35.5.